The quantitative estimate of drug-likeness (QED) is 0.855. The second-order valence-corrected chi connectivity index (χ2v) is 9.01. The minimum absolute atomic E-state index is 0.117. The molecule has 1 aromatic heterocycles. The van der Waals surface area contributed by atoms with Gasteiger partial charge in [0.25, 0.3) is 0 Å². The van der Waals surface area contributed by atoms with Gasteiger partial charge in [-0.25, -0.2) is 13.1 Å². The molecule has 130 valence electrons. The average Bonchev–Trinajstić information content (AvgIpc) is 2.92. The van der Waals surface area contributed by atoms with E-state index in [-0.39, 0.29) is 19.0 Å². The van der Waals surface area contributed by atoms with E-state index in [1.54, 1.807) is 17.0 Å². The van der Waals surface area contributed by atoms with Gasteiger partial charge in [-0.1, -0.05) is 17.7 Å². The Kier molecular flexibility index (Phi) is 5.79. The molecule has 0 aliphatic heterocycles. The Hall–Kier alpha value is -1.70. The molecule has 0 saturated heterocycles. The Labute approximate surface area is 147 Å². The van der Waals surface area contributed by atoms with E-state index in [9.17, 15) is 13.2 Å². The standard InChI is InChI=1S/C17H22N2O3S2/c1-12-5-7-16(13(2)11-12)19(15(4)20)10-9-18-24(21,22)17-8-6-14(3)23-17/h5-8,11,18H,9-10H2,1-4H3. The van der Waals surface area contributed by atoms with Crippen LogP contribution in [0.1, 0.15) is 22.9 Å². The van der Waals surface area contributed by atoms with E-state index >= 15 is 0 Å². The van der Waals surface area contributed by atoms with Crippen LogP contribution in [0.15, 0.2) is 34.5 Å². The van der Waals surface area contributed by atoms with Gasteiger partial charge in [0.05, 0.1) is 0 Å². The lowest BCUT2D eigenvalue weighted by molar-refractivity contribution is -0.116. The molecular weight excluding hydrogens is 344 g/mol. The maximum Gasteiger partial charge on any atom is 0.250 e. The largest absolute Gasteiger partial charge is 0.311 e. The molecule has 2 rings (SSSR count). The first kappa shape index (κ1) is 18.6. The molecule has 0 fully saturated rings. The highest BCUT2D eigenvalue weighted by molar-refractivity contribution is 7.91. The third-order valence-corrected chi connectivity index (χ3v) is 6.58. The van der Waals surface area contributed by atoms with Gasteiger partial charge in [-0.15, -0.1) is 11.3 Å². The topological polar surface area (TPSA) is 66.5 Å². The summed E-state index contributed by atoms with van der Waals surface area (Å²) in [6.07, 6.45) is 0. The second-order valence-electron chi connectivity index (χ2n) is 5.72. The molecule has 1 heterocycles. The van der Waals surface area contributed by atoms with Gasteiger partial charge in [0.1, 0.15) is 4.21 Å². The highest BCUT2D eigenvalue weighted by Gasteiger charge is 2.18. The van der Waals surface area contributed by atoms with Gasteiger partial charge in [0.2, 0.25) is 15.9 Å². The molecule has 0 bridgehead atoms. The molecule has 1 amide bonds. The van der Waals surface area contributed by atoms with Gasteiger partial charge in [0.15, 0.2) is 0 Å². The van der Waals surface area contributed by atoms with Crippen molar-refractivity contribution in [3.63, 3.8) is 0 Å². The first-order valence-corrected chi connectivity index (χ1v) is 9.92. The predicted molar refractivity (Wildman–Crippen MR) is 98.2 cm³/mol. The van der Waals surface area contributed by atoms with Crippen molar-refractivity contribution in [3.8, 4) is 0 Å². The summed E-state index contributed by atoms with van der Waals surface area (Å²) in [5.41, 5.74) is 2.91. The molecule has 0 unspecified atom stereocenters. The van der Waals surface area contributed by atoms with E-state index in [1.807, 2.05) is 39.0 Å². The van der Waals surface area contributed by atoms with E-state index < -0.39 is 10.0 Å². The van der Waals surface area contributed by atoms with Crippen molar-refractivity contribution in [2.75, 3.05) is 18.0 Å². The molecule has 0 spiro atoms. The number of hydrogen-bond acceptors (Lipinski definition) is 4. The van der Waals surface area contributed by atoms with Crippen molar-refractivity contribution in [2.24, 2.45) is 0 Å². The monoisotopic (exact) mass is 366 g/mol. The summed E-state index contributed by atoms with van der Waals surface area (Å²) in [5, 5.41) is 0. The summed E-state index contributed by atoms with van der Waals surface area (Å²) in [6.45, 7) is 7.72. The SMILES string of the molecule is CC(=O)N(CCNS(=O)(=O)c1ccc(C)s1)c1ccc(C)cc1C. The minimum atomic E-state index is -3.53. The average molecular weight is 367 g/mol. The van der Waals surface area contributed by atoms with Crippen LogP contribution >= 0.6 is 11.3 Å². The molecule has 0 atom stereocenters. The highest BCUT2D eigenvalue weighted by Crippen LogP contribution is 2.22. The maximum absolute atomic E-state index is 12.2. The second kappa shape index (κ2) is 7.46. The number of thiophene rings is 1. The van der Waals surface area contributed by atoms with Crippen molar-refractivity contribution >= 4 is 33.0 Å². The molecular formula is C17H22N2O3S2. The summed E-state index contributed by atoms with van der Waals surface area (Å²) in [7, 11) is -3.53. The van der Waals surface area contributed by atoms with Crippen molar-refractivity contribution in [2.45, 2.75) is 31.9 Å². The van der Waals surface area contributed by atoms with E-state index in [0.717, 1.165) is 21.7 Å². The molecule has 24 heavy (non-hydrogen) atoms. The van der Waals surface area contributed by atoms with E-state index in [2.05, 4.69) is 4.72 Å². The molecule has 1 aromatic carbocycles. The number of amides is 1. The van der Waals surface area contributed by atoms with Crippen LogP contribution in [0.4, 0.5) is 5.69 Å². The summed E-state index contributed by atoms with van der Waals surface area (Å²) in [5.74, 6) is -0.117. The number of carbonyl (C=O) groups is 1. The Balaban J connectivity index is 2.08. The first-order valence-electron chi connectivity index (χ1n) is 7.62. The van der Waals surface area contributed by atoms with Crippen LogP contribution in [0.25, 0.3) is 0 Å². The third kappa shape index (κ3) is 4.43. The fourth-order valence-electron chi connectivity index (χ4n) is 2.48. The molecule has 5 nitrogen and oxygen atoms in total. The number of anilines is 1. The van der Waals surface area contributed by atoms with Crippen LogP contribution in [0.5, 0.6) is 0 Å². The molecule has 0 aliphatic carbocycles. The van der Waals surface area contributed by atoms with Crippen LogP contribution in [0, 0.1) is 20.8 Å². The van der Waals surface area contributed by atoms with Gasteiger partial charge in [-0.2, -0.15) is 0 Å². The van der Waals surface area contributed by atoms with Gasteiger partial charge >= 0.3 is 0 Å². The number of carbonyl (C=O) groups excluding carboxylic acids is 1. The number of nitrogens with one attached hydrogen (secondary N) is 1. The summed E-state index contributed by atoms with van der Waals surface area (Å²) in [6, 6.07) is 9.20. The number of aryl methyl sites for hydroxylation is 3. The number of rotatable bonds is 6. The fraction of sp³-hybridized carbons (Fsp3) is 0.353. The fourth-order valence-corrected chi connectivity index (χ4v) is 4.82. The lowest BCUT2D eigenvalue weighted by Crippen LogP contribution is -2.37. The van der Waals surface area contributed by atoms with E-state index in [1.165, 1.54) is 18.3 Å². The van der Waals surface area contributed by atoms with Crippen LogP contribution in [0.3, 0.4) is 0 Å². The zero-order valence-corrected chi connectivity index (χ0v) is 15.9. The Bertz CT molecular complexity index is 841. The van der Waals surface area contributed by atoms with Gasteiger partial charge in [0, 0.05) is 30.6 Å². The lowest BCUT2D eigenvalue weighted by atomic mass is 10.1. The molecule has 0 radical (unpaired) electrons. The highest BCUT2D eigenvalue weighted by atomic mass is 32.2. The summed E-state index contributed by atoms with van der Waals surface area (Å²) < 4.78 is 27.3. The van der Waals surface area contributed by atoms with Crippen LogP contribution in [-0.2, 0) is 14.8 Å². The Morgan fingerprint density at radius 1 is 1.17 bits per heavy atom. The zero-order valence-electron chi connectivity index (χ0n) is 14.3. The number of nitrogens with zero attached hydrogens (tertiary/aromatic N) is 1. The van der Waals surface area contributed by atoms with Crippen LogP contribution < -0.4 is 9.62 Å². The summed E-state index contributed by atoms with van der Waals surface area (Å²) >= 11 is 1.23. The maximum atomic E-state index is 12.2. The lowest BCUT2D eigenvalue weighted by Gasteiger charge is -2.23. The van der Waals surface area contributed by atoms with Crippen LogP contribution in [-0.4, -0.2) is 27.4 Å². The predicted octanol–water partition coefficient (Wildman–Crippen LogP) is 3.00. The van der Waals surface area contributed by atoms with Gasteiger partial charge in [-0.3, -0.25) is 4.79 Å². The van der Waals surface area contributed by atoms with E-state index in [0.29, 0.717) is 4.21 Å². The van der Waals surface area contributed by atoms with Crippen molar-refractivity contribution < 1.29 is 13.2 Å². The summed E-state index contributed by atoms with van der Waals surface area (Å²) in [4.78, 5) is 14.5. The number of sulfonamides is 1. The Morgan fingerprint density at radius 3 is 2.42 bits per heavy atom. The molecule has 0 saturated carbocycles. The third-order valence-electron chi connectivity index (χ3n) is 3.63. The normalized spacial score (nSPS) is 11.5. The van der Waals surface area contributed by atoms with Crippen molar-refractivity contribution in [1.29, 1.82) is 0 Å². The van der Waals surface area contributed by atoms with Crippen LogP contribution in [0.2, 0.25) is 0 Å². The zero-order chi connectivity index (χ0) is 17.9. The molecule has 2 aromatic rings. The molecule has 1 N–H and O–H groups in total. The number of benzene rings is 1. The van der Waals surface area contributed by atoms with Crippen molar-refractivity contribution in [3.05, 3.63) is 46.3 Å². The molecule has 7 heteroatoms. The molecule has 0 aliphatic rings. The first-order chi connectivity index (χ1) is 11.2. The smallest absolute Gasteiger partial charge is 0.250 e. The van der Waals surface area contributed by atoms with Crippen molar-refractivity contribution in [1.82, 2.24) is 4.72 Å². The van der Waals surface area contributed by atoms with Gasteiger partial charge in [-0.05, 0) is 44.5 Å². The van der Waals surface area contributed by atoms with Gasteiger partial charge < -0.3 is 4.90 Å². The van der Waals surface area contributed by atoms with E-state index in [4.69, 9.17) is 0 Å². The minimum Gasteiger partial charge on any atom is -0.311 e. The Morgan fingerprint density at radius 2 is 1.88 bits per heavy atom. The number of hydrogen-bond donors (Lipinski definition) is 1.